The molecule has 0 saturated carbocycles. The number of rotatable bonds is 4. The van der Waals surface area contributed by atoms with Crippen LogP contribution < -0.4 is 10.5 Å². The molecule has 0 spiro atoms. The molecule has 0 aliphatic rings. The molecule has 102 valence electrons. The van der Waals surface area contributed by atoms with Gasteiger partial charge in [-0.05, 0) is 59.6 Å². The number of nitrogens with one attached hydrogen (secondary N) is 1. The van der Waals surface area contributed by atoms with Crippen molar-refractivity contribution in [2.24, 2.45) is 5.73 Å². The van der Waals surface area contributed by atoms with E-state index in [-0.39, 0.29) is 0 Å². The molecule has 5 heteroatoms. The SMILES string of the molecule is COc1cc(C)c(-c2n[nH]c(CCN)c2Br)cc1C. The lowest BCUT2D eigenvalue weighted by molar-refractivity contribution is 0.411. The zero-order chi connectivity index (χ0) is 14.0. The van der Waals surface area contributed by atoms with Crippen molar-refractivity contribution in [3.63, 3.8) is 0 Å². The van der Waals surface area contributed by atoms with E-state index in [4.69, 9.17) is 10.5 Å². The Labute approximate surface area is 121 Å². The second kappa shape index (κ2) is 5.75. The lowest BCUT2D eigenvalue weighted by Crippen LogP contribution is -2.03. The lowest BCUT2D eigenvalue weighted by atomic mass is 10.0. The number of nitrogens with zero attached hydrogens (tertiary/aromatic N) is 1. The zero-order valence-electron chi connectivity index (χ0n) is 11.4. The van der Waals surface area contributed by atoms with Crippen LogP contribution in [0.5, 0.6) is 5.75 Å². The van der Waals surface area contributed by atoms with E-state index in [1.165, 1.54) is 0 Å². The Balaban J connectivity index is 2.50. The van der Waals surface area contributed by atoms with Crippen LogP contribution in [0.3, 0.4) is 0 Å². The number of methoxy groups -OCH3 is 1. The van der Waals surface area contributed by atoms with Gasteiger partial charge >= 0.3 is 0 Å². The molecule has 2 rings (SSSR count). The number of aromatic amines is 1. The van der Waals surface area contributed by atoms with Gasteiger partial charge in [-0.3, -0.25) is 5.10 Å². The summed E-state index contributed by atoms with van der Waals surface area (Å²) in [5.41, 5.74) is 10.9. The highest BCUT2D eigenvalue weighted by molar-refractivity contribution is 9.10. The van der Waals surface area contributed by atoms with Gasteiger partial charge in [0.15, 0.2) is 0 Å². The quantitative estimate of drug-likeness (QED) is 0.909. The molecule has 0 atom stereocenters. The molecule has 3 N–H and O–H groups in total. The van der Waals surface area contributed by atoms with Gasteiger partial charge in [0, 0.05) is 12.0 Å². The van der Waals surface area contributed by atoms with E-state index < -0.39 is 0 Å². The molecule has 1 aromatic carbocycles. The molecule has 19 heavy (non-hydrogen) atoms. The standard InChI is InChI=1S/C14H18BrN3O/c1-8-7-12(19-3)9(2)6-10(8)14-13(15)11(4-5-16)17-18-14/h6-7H,4-5,16H2,1-3H3,(H,17,18). The Morgan fingerprint density at radius 2 is 2.05 bits per heavy atom. The third-order valence-corrected chi connectivity index (χ3v) is 4.02. The van der Waals surface area contributed by atoms with Crippen LogP contribution >= 0.6 is 15.9 Å². The number of benzene rings is 1. The third-order valence-electron chi connectivity index (χ3n) is 3.17. The molecule has 4 nitrogen and oxygen atoms in total. The van der Waals surface area contributed by atoms with Crippen LogP contribution in [-0.4, -0.2) is 23.9 Å². The maximum absolute atomic E-state index is 5.58. The molecular weight excluding hydrogens is 306 g/mol. The van der Waals surface area contributed by atoms with Crippen LogP contribution in [0.25, 0.3) is 11.3 Å². The smallest absolute Gasteiger partial charge is 0.122 e. The molecule has 0 bridgehead atoms. The fraction of sp³-hybridized carbons (Fsp3) is 0.357. The predicted octanol–water partition coefficient (Wildman–Crippen LogP) is 2.97. The second-order valence-corrected chi connectivity index (χ2v) is 5.33. The molecule has 0 unspecified atom stereocenters. The monoisotopic (exact) mass is 323 g/mol. The number of hydrogen-bond acceptors (Lipinski definition) is 3. The lowest BCUT2D eigenvalue weighted by Gasteiger charge is -2.10. The summed E-state index contributed by atoms with van der Waals surface area (Å²) < 4.78 is 6.33. The minimum Gasteiger partial charge on any atom is -0.496 e. The highest BCUT2D eigenvalue weighted by atomic mass is 79.9. The van der Waals surface area contributed by atoms with Crippen LogP contribution in [0, 0.1) is 13.8 Å². The maximum atomic E-state index is 5.58. The third kappa shape index (κ3) is 2.67. The first kappa shape index (κ1) is 14.1. The van der Waals surface area contributed by atoms with Gasteiger partial charge < -0.3 is 10.5 Å². The van der Waals surface area contributed by atoms with E-state index in [0.29, 0.717) is 6.54 Å². The number of nitrogens with two attached hydrogens (primary N) is 1. The summed E-state index contributed by atoms with van der Waals surface area (Å²) in [5, 5.41) is 7.43. The Hall–Kier alpha value is -1.33. The van der Waals surface area contributed by atoms with Crippen molar-refractivity contribution in [1.29, 1.82) is 0 Å². The van der Waals surface area contributed by atoms with E-state index in [2.05, 4.69) is 39.1 Å². The van der Waals surface area contributed by atoms with E-state index >= 15 is 0 Å². The van der Waals surface area contributed by atoms with Gasteiger partial charge in [-0.15, -0.1) is 0 Å². The highest BCUT2D eigenvalue weighted by Gasteiger charge is 2.15. The van der Waals surface area contributed by atoms with Crippen molar-refractivity contribution in [3.8, 4) is 17.0 Å². The summed E-state index contributed by atoms with van der Waals surface area (Å²) in [5.74, 6) is 0.898. The fourth-order valence-electron chi connectivity index (χ4n) is 2.12. The minimum absolute atomic E-state index is 0.598. The number of aromatic nitrogens is 2. The number of ether oxygens (including phenoxy) is 1. The van der Waals surface area contributed by atoms with Gasteiger partial charge in [0.25, 0.3) is 0 Å². The molecule has 1 heterocycles. The van der Waals surface area contributed by atoms with Crippen LogP contribution in [0.15, 0.2) is 16.6 Å². The van der Waals surface area contributed by atoms with Crippen LogP contribution in [0.4, 0.5) is 0 Å². The molecule has 0 fully saturated rings. The Morgan fingerprint density at radius 3 is 2.68 bits per heavy atom. The van der Waals surface area contributed by atoms with E-state index in [0.717, 1.165) is 44.7 Å². The Morgan fingerprint density at radius 1 is 1.32 bits per heavy atom. The Bertz CT molecular complexity index is 593. The molecule has 1 aromatic heterocycles. The van der Waals surface area contributed by atoms with Gasteiger partial charge in [0.2, 0.25) is 0 Å². The van der Waals surface area contributed by atoms with Gasteiger partial charge in [0.1, 0.15) is 11.4 Å². The van der Waals surface area contributed by atoms with Crippen molar-refractivity contribution in [3.05, 3.63) is 33.4 Å². The van der Waals surface area contributed by atoms with E-state index in [1.54, 1.807) is 7.11 Å². The summed E-state index contributed by atoms with van der Waals surface area (Å²) in [6, 6.07) is 4.13. The largest absolute Gasteiger partial charge is 0.496 e. The van der Waals surface area contributed by atoms with Crippen LogP contribution in [0.1, 0.15) is 16.8 Å². The van der Waals surface area contributed by atoms with Crippen molar-refractivity contribution < 1.29 is 4.74 Å². The van der Waals surface area contributed by atoms with Crippen molar-refractivity contribution in [1.82, 2.24) is 10.2 Å². The number of halogens is 1. The average Bonchev–Trinajstić information content (AvgIpc) is 2.74. The molecule has 0 aliphatic carbocycles. The van der Waals surface area contributed by atoms with E-state index in [1.807, 2.05) is 13.0 Å². The molecule has 0 radical (unpaired) electrons. The minimum atomic E-state index is 0.598. The zero-order valence-corrected chi connectivity index (χ0v) is 13.0. The van der Waals surface area contributed by atoms with Gasteiger partial charge in [-0.2, -0.15) is 5.10 Å². The van der Waals surface area contributed by atoms with Gasteiger partial charge in [0.05, 0.1) is 17.3 Å². The summed E-state index contributed by atoms with van der Waals surface area (Å²) in [6.45, 7) is 4.69. The first-order valence-electron chi connectivity index (χ1n) is 6.17. The molecular formula is C14H18BrN3O. The molecule has 0 aliphatic heterocycles. The molecule has 0 amide bonds. The van der Waals surface area contributed by atoms with Gasteiger partial charge in [-0.25, -0.2) is 0 Å². The second-order valence-electron chi connectivity index (χ2n) is 4.54. The average molecular weight is 324 g/mol. The number of H-pyrrole nitrogens is 1. The van der Waals surface area contributed by atoms with Crippen LogP contribution in [0.2, 0.25) is 0 Å². The molecule has 0 saturated heterocycles. The van der Waals surface area contributed by atoms with Gasteiger partial charge in [-0.1, -0.05) is 0 Å². The predicted molar refractivity (Wildman–Crippen MR) is 80.5 cm³/mol. The Kier molecular flexibility index (Phi) is 4.27. The maximum Gasteiger partial charge on any atom is 0.122 e. The first-order chi connectivity index (χ1) is 9.08. The van der Waals surface area contributed by atoms with E-state index in [9.17, 15) is 0 Å². The fourth-order valence-corrected chi connectivity index (χ4v) is 2.71. The number of hydrogen-bond donors (Lipinski definition) is 2. The summed E-state index contributed by atoms with van der Waals surface area (Å²) in [6.07, 6.45) is 0.780. The molecule has 2 aromatic rings. The summed E-state index contributed by atoms with van der Waals surface area (Å²) in [4.78, 5) is 0. The topological polar surface area (TPSA) is 63.9 Å². The van der Waals surface area contributed by atoms with Crippen molar-refractivity contribution in [2.45, 2.75) is 20.3 Å². The normalized spacial score (nSPS) is 10.8. The summed E-state index contributed by atoms with van der Waals surface area (Å²) in [7, 11) is 1.69. The van der Waals surface area contributed by atoms with Crippen LogP contribution in [-0.2, 0) is 6.42 Å². The van der Waals surface area contributed by atoms with Crippen molar-refractivity contribution in [2.75, 3.05) is 13.7 Å². The number of aryl methyl sites for hydroxylation is 2. The van der Waals surface area contributed by atoms with Crippen molar-refractivity contribution >= 4 is 15.9 Å². The first-order valence-corrected chi connectivity index (χ1v) is 6.96. The summed E-state index contributed by atoms with van der Waals surface area (Å²) >= 11 is 3.60. The highest BCUT2D eigenvalue weighted by Crippen LogP contribution is 2.34.